The van der Waals surface area contributed by atoms with Crippen LogP contribution >= 0.6 is 34.7 Å². The molecule has 0 atom stereocenters. The van der Waals surface area contributed by atoms with Crippen LogP contribution in [0.4, 0.5) is 11.5 Å². The highest BCUT2D eigenvalue weighted by atomic mass is 35.5. The maximum Gasteiger partial charge on any atom is 0.289 e. The van der Waals surface area contributed by atoms with Gasteiger partial charge in [0.25, 0.3) is 5.82 Å². The molecule has 0 saturated carbocycles. The molecule has 0 aliphatic carbocycles. The van der Waals surface area contributed by atoms with Crippen molar-refractivity contribution in [3.05, 3.63) is 57.9 Å². The van der Waals surface area contributed by atoms with Gasteiger partial charge in [0.1, 0.15) is 17.7 Å². The molecule has 0 bridgehead atoms. The Morgan fingerprint density at radius 2 is 2.04 bits per heavy atom. The molecular formula is C19H13ClN5OS2+. The second kappa shape index (κ2) is 8.77. The van der Waals surface area contributed by atoms with Crippen LogP contribution in [0.25, 0.3) is 10.4 Å². The van der Waals surface area contributed by atoms with Gasteiger partial charge in [-0.25, -0.2) is 4.98 Å². The number of pyridine rings is 1. The van der Waals surface area contributed by atoms with Gasteiger partial charge in [0.15, 0.2) is 10.6 Å². The van der Waals surface area contributed by atoms with Gasteiger partial charge < -0.3 is 5.32 Å². The molecular weight excluding hydrogens is 414 g/mol. The van der Waals surface area contributed by atoms with E-state index in [2.05, 4.69) is 22.4 Å². The average Bonchev–Trinajstić information content (AvgIpc) is 3.20. The van der Waals surface area contributed by atoms with E-state index in [-0.39, 0.29) is 28.6 Å². The maximum absolute atomic E-state index is 12.3. The Hall–Kier alpha value is -3.04. The Kier molecular flexibility index (Phi) is 6.17. The number of nitrogens with zero attached hydrogens (tertiary/aromatic N) is 2. The molecule has 0 unspecified atom stereocenters. The molecule has 4 N–H and O–H groups in total. The first-order chi connectivity index (χ1) is 13.5. The highest BCUT2D eigenvalue weighted by Gasteiger charge is 2.24. The van der Waals surface area contributed by atoms with Crippen molar-refractivity contribution in [3.63, 3.8) is 0 Å². The summed E-state index contributed by atoms with van der Waals surface area (Å²) in [7, 11) is 0. The highest BCUT2D eigenvalue weighted by Crippen LogP contribution is 2.35. The molecule has 0 saturated heterocycles. The number of hydrogen-bond acceptors (Lipinski definition) is 6. The number of aromatic amines is 1. The van der Waals surface area contributed by atoms with Gasteiger partial charge in [-0.1, -0.05) is 35.5 Å². The summed E-state index contributed by atoms with van der Waals surface area (Å²) in [5, 5.41) is 24.7. The molecule has 1 aromatic carbocycles. The van der Waals surface area contributed by atoms with Crippen molar-refractivity contribution in [3.8, 4) is 22.6 Å². The van der Waals surface area contributed by atoms with Crippen molar-refractivity contribution >= 4 is 52.1 Å². The lowest BCUT2D eigenvalue weighted by Crippen LogP contribution is -2.20. The number of thiophene rings is 1. The molecule has 0 aliphatic heterocycles. The molecule has 1 amide bonds. The predicted octanol–water partition coefficient (Wildman–Crippen LogP) is 3.94. The molecule has 2 aromatic heterocycles. The van der Waals surface area contributed by atoms with E-state index in [1.54, 1.807) is 24.3 Å². The lowest BCUT2D eigenvalue weighted by atomic mass is 10.0. The number of hydrogen-bond donors (Lipinski definition) is 2. The fraction of sp³-hybridized carbons (Fsp3) is 0.0526. The number of carbonyl (C=O) groups is 1. The first-order valence-electron chi connectivity index (χ1n) is 7.94. The maximum atomic E-state index is 12.3. The van der Waals surface area contributed by atoms with Crippen LogP contribution in [0.15, 0.2) is 46.8 Å². The van der Waals surface area contributed by atoms with E-state index in [4.69, 9.17) is 17.3 Å². The summed E-state index contributed by atoms with van der Waals surface area (Å²) >= 11 is 8.46. The van der Waals surface area contributed by atoms with Gasteiger partial charge in [-0.05, 0) is 29.6 Å². The number of rotatable bonds is 5. The Morgan fingerprint density at radius 3 is 2.68 bits per heavy atom. The van der Waals surface area contributed by atoms with Gasteiger partial charge in [0, 0.05) is 21.2 Å². The second-order valence-electron chi connectivity index (χ2n) is 5.54. The zero-order chi connectivity index (χ0) is 20.1. The van der Waals surface area contributed by atoms with Crippen LogP contribution in [0.5, 0.6) is 0 Å². The summed E-state index contributed by atoms with van der Waals surface area (Å²) in [6.07, 6.45) is 0. The van der Waals surface area contributed by atoms with Gasteiger partial charge in [-0.2, -0.15) is 10.5 Å². The van der Waals surface area contributed by atoms with E-state index in [1.165, 1.54) is 11.3 Å². The van der Waals surface area contributed by atoms with Gasteiger partial charge in [-0.3, -0.25) is 10.5 Å². The fourth-order valence-corrected chi connectivity index (χ4v) is 4.31. The molecule has 28 heavy (non-hydrogen) atoms. The third-order valence-corrected chi connectivity index (χ3v) is 5.82. The zero-order valence-electron chi connectivity index (χ0n) is 14.3. The number of nitrogen functional groups attached to an aromatic ring is 1. The summed E-state index contributed by atoms with van der Waals surface area (Å²) < 4.78 is 0. The first kappa shape index (κ1) is 19.7. The SMILES string of the molecule is N#Cc1c(N)[nH+]c(SCC(=O)Nc2cccc(Cl)c2)c(C#N)c1-c1cccs1. The van der Waals surface area contributed by atoms with Crippen molar-refractivity contribution in [2.45, 2.75) is 5.03 Å². The Balaban J connectivity index is 1.87. The number of nitriles is 2. The number of H-pyrrole nitrogens is 1. The Morgan fingerprint density at radius 1 is 1.25 bits per heavy atom. The van der Waals surface area contributed by atoms with Crippen LogP contribution in [0.1, 0.15) is 11.1 Å². The molecule has 3 rings (SSSR count). The number of aromatic nitrogens is 1. The van der Waals surface area contributed by atoms with Crippen LogP contribution in [0.3, 0.4) is 0 Å². The van der Waals surface area contributed by atoms with E-state index in [0.717, 1.165) is 16.6 Å². The summed E-state index contributed by atoms with van der Waals surface area (Å²) in [5.74, 6) is -0.0554. The van der Waals surface area contributed by atoms with Crippen molar-refractivity contribution in [2.24, 2.45) is 0 Å². The minimum absolute atomic E-state index is 0.0485. The van der Waals surface area contributed by atoms with E-state index in [0.29, 0.717) is 21.3 Å². The smallest absolute Gasteiger partial charge is 0.289 e. The predicted molar refractivity (Wildman–Crippen MR) is 111 cm³/mol. The molecule has 6 nitrogen and oxygen atoms in total. The van der Waals surface area contributed by atoms with E-state index in [1.807, 2.05) is 17.5 Å². The molecule has 9 heteroatoms. The number of carbonyl (C=O) groups excluding carboxylic acids is 1. The number of anilines is 2. The van der Waals surface area contributed by atoms with Crippen LogP contribution in [-0.2, 0) is 4.79 Å². The third kappa shape index (κ3) is 4.26. The summed E-state index contributed by atoms with van der Waals surface area (Å²) in [5.41, 5.74) is 7.56. The lowest BCUT2D eigenvalue weighted by molar-refractivity contribution is -0.410. The Labute approximate surface area is 174 Å². The van der Waals surface area contributed by atoms with Crippen molar-refractivity contribution < 1.29 is 9.78 Å². The van der Waals surface area contributed by atoms with Crippen molar-refractivity contribution in [2.75, 3.05) is 16.8 Å². The lowest BCUT2D eigenvalue weighted by Gasteiger charge is -2.09. The van der Waals surface area contributed by atoms with Gasteiger partial charge >= 0.3 is 0 Å². The molecule has 0 radical (unpaired) electrons. The van der Waals surface area contributed by atoms with Crippen LogP contribution in [-0.4, -0.2) is 11.7 Å². The standard InChI is InChI=1S/C19H12ClN5OS2/c20-11-3-1-4-12(7-11)24-16(26)10-28-19-14(9-22)17(15-5-2-6-27-15)13(8-21)18(23)25-19/h1-7H,10H2,(H2,23,25)(H,24,26)/p+1. The second-order valence-corrected chi connectivity index (χ2v) is 7.91. The van der Waals surface area contributed by atoms with Gasteiger partial charge in [0.2, 0.25) is 5.91 Å². The monoisotopic (exact) mass is 426 g/mol. The summed E-state index contributed by atoms with van der Waals surface area (Å²) in [6.45, 7) is 0. The minimum Gasteiger partial charge on any atom is -0.325 e. The summed E-state index contributed by atoms with van der Waals surface area (Å²) in [4.78, 5) is 15.9. The zero-order valence-corrected chi connectivity index (χ0v) is 16.7. The van der Waals surface area contributed by atoms with Crippen molar-refractivity contribution in [1.82, 2.24) is 0 Å². The third-order valence-electron chi connectivity index (χ3n) is 3.69. The van der Waals surface area contributed by atoms with Crippen LogP contribution in [0.2, 0.25) is 5.02 Å². The van der Waals surface area contributed by atoms with E-state index < -0.39 is 0 Å². The number of nitrogens with one attached hydrogen (secondary N) is 2. The number of nitrogens with two attached hydrogens (primary N) is 1. The summed E-state index contributed by atoms with van der Waals surface area (Å²) in [6, 6.07) is 14.7. The number of halogens is 1. The quantitative estimate of drug-likeness (QED) is 0.599. The highest BCUT2D eigenvalue weighted by molar-refractivity contribution is 7.99. The molecule has 0 spiro atoms. The molecule has 138 valence electrons. The minimum atomic E-state index is -0.259. The van der Waals surface area contributed by atoms with Gasteiger partial charge in [0.05, 0.1) is 5.75 Å². The van der Waals surface area contributed by atoms with E-state index >= 15 is 0 Å². The number of amides is 1. The molecule has 3 aromatic rings. The first-order valence-corrected chi connectivity index (χ1v) is 10.2. The normalized spacial score (nSPS) is 10.1. The van der Waals surface area contributed by atoms with E-state index in [9.17, 15) is 15.3 Å². The fourth-order valence-electron chi connectivity index (χ4n) is 2.52. The molecule has 0 fully saturated rings. The average molecular weight is 427 g/mol. The molecule has 2 heterocycles. The van der Waals surface area contributed by atoms with Crippen molar-refractivity contribution in [1.29, 1.82) is 10.5 Å². The van der Waals surface area contributed by atoms with Crippen LogP contribution < -0.4 is 16.0 Å². The van der Waals surface area contributed by atoms with Gasteiger partial charge in [-0.15, -0.1) is 11.3 Å². The largest absolute Gasteiger partial charge is 0.325 e. The Bertz CT molecular complexity index is 1120. The van der Waals surface area contributed by atoms with Crippen LogP contribution in [0, 0.1) is 22.7 Å². The number of thioether (sulfide) groups is 1. The number of benzene rings is 1. The topological polar surface area (TPSA) is 117 Å². The molecule has 0 aliphatic rings.